The molecule has 0 radical (unpaired) electrons. The van der Waals surface area contributed by atoms with Crippen LogP contribution >= 0.6 is 0 Å². The second-order valence-electron chi connectivity index (χ2n) is 5.22. The molecule has 88 valence electrons. The maximum Gasteiger partial charge on any atom is -0.0192 e. The second kappa shape index (κ2) is 4.52. The zero-order valence-corrected chi connectivity index (χ0v) is 10.6. The van der Waals surface area contributed by atoms with Crippen molar-refractivity contribution in [1.29, 1.82) is 0 Å². The van der Waals surface area contributed by atoms with E-state index < -0.39 is 0 Å². The molecule has 0 fully saturated rings. The molecular formula is C17H20. The molecule has 1 aromatic rings. The molecule has 0 heteroatoms. The molecule has 0 atom stereocenters. The van der Waals surface area contributed by atoms with Gasteiger partial charge in [0.15, 0.2) is 0 Å². The number of allylic oxidation sites excluding steroid dienone is 4. The van der Waals surface area contributed by atoms with E-state index in [2.05, 4.69) is 37.3 Å². The van der Waals surface area contributed by atoms with Crippen LogP contribution in [0.1, 0.15) is 55.2 Å². The number of hydrogen-bond donors (Lipinski definition) is 0. The van der Waals surface area contributed by atoms with Crippen molar-refractivity contribution in [2.24, 2.45) is 0 Å². The molecule has 0 spiro atoms. The van der Waals surface area contributed by atoms with Crippen LogP contribution in [0.25, 0.3) is 11.1 Å². The molecule has 0 saturated heterocycles. The quantitative estimate of drug-likeness (QED) is 0.653. The zero-order valence-electron chi connectivity index (χ0n) is 10.6. The van der Waals surface area contributed by atoms with Crippen molar-refractivity contribution in [3.05, 3.63) is 47.0 Å². The highest BCUT2D eigenvalue weighted by molar-refractivity contribution is 5.77. The largest absolute Gasteiger partial charge is 0.0807 e. The summed E-state index contributed by atoms with van der Waals surface area (Å²) in [5.74, 6) is 0. The van der Waals surface area contributed by atoms with Crippen LogP contribution in [0.3, 0.4) is 0 Å². The Hall–Kier alpha value is -1.30. The molecule has 17 heavy (non-hydrogen) atoms. The molecule has 0 saturated carbocycles. The highest BCUT2D eigenvalue weighted by Gasteiger charge is 2.14. The Morgan fingerprint density at radius 2 is 1.35 bits per heavy atom. The topological polar surface area (TPSA) is 0 Å². The molecular weight excluding hydrogens is 204 g/mol. The van der Waals surface area contributed by atoms with Crippen LogP contribution in [0.5, 0.6) is 0 Å². The van der Waals surface area contributed by atoms with Gasteiger partial charge >= 0.3 is 0 Å². The summed E-state index contributed by atoms with van der Waals surface area (Å²) in [5, 5.41) is 0. The van der Waals surface area contributed by atoms with Gasteiger partial charge in [0.05, 0.1) is 0 Å². The lowest BCUT2D eigenvalue weighted by Crippen LogP contribution is -1.93. The van der Waals surface area contributed by atoms with Crippen molar-refractivity contribution < 1.29 is 0 Å². The fourth-order valence-corrected chi connectivity index (χ4v) is 3.16. The Morgan fingerprint density at radius 3 is 1.76 bits per heavy atom. The summed E-state index contributed by atoms with van der Waals surface area (Å²) in [6.45, 7) is 2.29. The molecule has 2 aliphatic carbocycles. The minimum absolute atomic E-state index is 1.27. The summed E-state index contributed by atoms with van der Waals surface area (Å²) in [4.78, 5) is 0. The summed E-state index contributed by atoms with van der Waals surface area (Å²) in [7, 11) is 0. The first-order chi connectivity index (χ1) is 8.36. The Kier molecular flexibility index (Phi) is 2.88. The molecule has 0 nitrogen and oxygen atoms in total. The molecule has 0 aliphatic heterocycles. The van der Waals surface area contributed by atoms with E-state index in [9.17, 15) is 0 Å². The fraction of sp³-hybridized carbons (Fsp3) is 0.412. The summed E-state index contributed by atoms with van der Waals surface area (Å²) >= 11 is 0. The average molecular weight is 224 g/mol. The van der Waals surface area contributed by atoms with E-state index in [0.29, 0.717) is 0 Å². The predicted molar refractivity (Wildman–Crippen MR) is 74.8 cm³/mol. The average Bonchev–Trinajstić information content (AvgIpc) is 3.02. The van der Waals surface area contributed by atoms with Crippen LogP contribution < -0.4 is 0 Å². The Labute approximate surface area is 104 Å². The standard InChI is InChI=1S/C17H20/c1-13-16(14-7-2-3-8-14)11-6-12-17(13)15-9-4-5-10-15/h6-7,9,11-12H,2-5,8,10H2,1H3. The van der Waals surface area contributed by atoms with Gasteiger partial charge in [-0.25, -0.2) is 0 Å². The van der Waals surface area contributed by atoms with Crippen LogP contribution in [0.15, 0.2) is 30.4 Å². The lowest BCUT2D eigenvalue weighted by Gasteiger charge is -2.13. The SMILES string of the molecule is Cc1c(C2=CCCC2)cccc1C1=CCCC1. The minimum Gasteiger partial charge on any atom is -0.0807 e. The molecule has 0 heterocycles. The number of hydrogen-bond acceptors (Lipinski definition) is 0. The van der Waals surface area contributed by atoms with Crippen molar-refractivity contribution in [2.45, 2.75) is 45.4 Å². The van der Waals surface area contributed by atoms with Crippen molar-refractivity contribution in [3.63, 3.8) is 0 Å². The highest BCUT2D eigenvalue weighted by atomic mass is 14.2. The Morgan fingerprint density at radius 1 is 0.824 bits per heavy atom. The van der Waals surface area contributed by atoms with E-state index >= 15 is 0 Å². The van der Waals surface area contributed by atoms with E-state index in [-0.39, 0.29) is 0 Å². The van der Waals surface area contributed by atoms with Crippen LogP contribution in [-0.4, -0.2) is 0 Å². The maximum absolute atomic E-state index is 2.43. The maximum atomic E-state index is 2.43. The molecule has 0 unspecified atom stereocenters. The molecule has 0 bridgehead atoms. The van der Waals surface area contributed by atoms with Gasteiger partial charge in [0.2, 0.25) is 0 Å². The summed E-state index contributed by atoms with van der Waals surface area (Å²) < 4.78 is 0. The van der Waals surface area contributed by atoms with E-state index in [1.54, 1.807) is 11.1 Å². The molecule has 0 amide bonds. The van der Waals surface area contributed by atoms with Gasteiger partial charge in [0.1, 0.15) is 0 Å². The third kappa shape index (κ3) is 1.97. The van der Waals surface area contributed by atoms with Gasteiger partial charge in [-0.2, -0.15) is 0 Å². The van der Waals surface area contributed by atoms with E-state index in [1.165, 1.54) is 55.2 Å². The molecule has 0 aromatic heterocycles. The van der Waals surface area contributed by atoms with Gasteiger partial charge in [0, 0.05) is 0 Å². The molecule has 2 aliphatic rings. The Bertz CT molecular complexity index is 447. The first-order valence-corrected chi connectivity index (χ1v) is 6.84. The first-order valence-electron chi connectivity index (χ1n) is 6.84. The minimum atomic E-state index is 1.27. The summed E-state index contributed by atoms with van der Waals surface area (Å²) in [5.41, 5.74) is 7.63. The van der Waals surface area contributed by atoms with Crippen LogP contribution in [0, 0.1) is 6.92 Å². The van der Waals surface area contributed by atoms with Gasteiger partial charge < -0.3 is 0 Å². The third-order valence-electron chi connectivity index (χ3n) is 4.11. The predicted octanol–water partition coefficient (Wildman–Crippen LogP) is 5.13. The normalized spacial score (nSPS) is 19.4. The lowest BCUT2D eigenvalue weighted by atomic mass is 9.92. The molecule has 1 aromatic carbocycles. The van der Waals surface area contributed by atoms with Crippen LogP contribution in [0.2, 0.25) is 0 Å². The molecule has 3 rings (SSSR count). The van der Waals surface area contributed by atoms with E-state index in [1.807, 2.05) is 0 Å². The summed E-state index contributed by atoms with van der Waals surface area (Å²) in [6.07, 6.45) is 12.6. The van der Waals surface area contributed by atoms with Gasteiger partial charge in [-0.05, 0) is 73.3 Å². The van der Waals surface area contributed by atoms with Crippen molar-refractivity contribution in [2.75, 3.05) is 0 Å². The fourth-order valence-electron chi connectivity index (χ4n) is 3.16. The smallest absolute Gasteiger partial charge is 0.0192 e. The number of rotatable bonds is 2. The van der Waals surface area contributed by atoms with Crippen LogP contribution in [0.4, 0.5) is 0 Å². The Balaban J connectivity index is 2.03. The van der Waals surface area contributed by atoms with E-state index in [4.69, 9.17) is 0 Å². The van der Waals surface area contributed by atoms with E-state index in [0.717, 1.165) is 0 Å². The van der Waals surface area contributed by atoms with Crippen molar-refractivity contribution in [3.8, 4) is 0 Å². The highest BCUT2D eigenvalue weighted by Crippen LogP contribution is 2.35. The lowest BCUT2D eigenvalue weighted by molar-refractivity contribution is 0.933. The van der Waals surface area contributed by atoms with Gasteiger partial charge in [-0.3, -0.25) is 0 Å². The molecule has 0 N–H and O–H groups in total. The van der Waals surface area contributed by atoms with Gasteiger partial charge in [0.25, 0.3) is 0 Å². The number of benzene rings is 1. The van der Waals surface area contributed by atoms with Gasteiger partial charge in [-0.15, -0.1) is 0 Å². The van der Waals surface area contributed by atoms with Crippen molar-refractivity contribution >= 4 is 11.1 Å². The first kappa shape index (κ1) is 10.8. The van der Waals surface area contributed by atoms with Crippen LogP contribution in [-0.2, 0) is 0 Å². The van der Waals surface area contributed by atoms with Gasteiger partial charge in [-0.1, -0.05) is 30.4 Å². The summed E-state index contributed by atoms with van der Waals surface area (Å²) in [6, 6.07) is 6.83. The zero-order chi connectivity index (χ0) is 11.7. The third-order valence-corrected chi connectivity index (χ3v) is 4.11. The monoisotopic (exact) mass is 224 g/mol. The van der Waals surface area contributed by atoms with Crippen molar-refractivity contribution in [1.82, 2.24) is 0 Å². The second-order valence-corrected chi connectivity index (χ2v) is 5.22.